The van der Waals surface area contributed by atoms with Crippen molar-refractivity contribution in [2.24, 2.45) is 0 Å². The van der Waals surface area contributed by atoms with E-state index in [0.29, 0.717) is 15.0 Å². The minimum Gasteiger partial charge on any atom is -0.324 e. The average Bonchev–Trinajstić information content (AvgIpc) is 3.04. The van der Waals surface area contributed by atoms with Gasteiger partial charge in [0.25, 0.3) is 5.56 Å². The van der Waals surface area contributed by atoms with Gasteiger partial charge >= 0.3 is 6.18 Å². The highest BCUT2D eigenvalue weighted by Crippen LogP contribution is 2.36. The molecule has 0 saturated heterocycles. The number of anilines is 1. The molecule has 0 aliphatic heterocycles. The number of alkyl halides is 3. The first kappa shape index (κ1) is 21.3. The number of nitrogens with one attached hydrogen (secondary N) is 1. The first-order valence-corrected chi connectivity index (χ1v) is 10.2. The van der Waals surface area contributed by atoms with Crippen LogP contribution in [0.1, 0.15) is 16.8 Å². The fourth-order valence-electron chi connectivity index (χ4n) is 3.32. The van der Waals surface area contributed by atoms with E-state index in [1.165, 1.54) is 23.7 Å². The second-order valence-electron chi connectivity index (χ2n) is 6.95. The van der Waals surface area contributed by atoms with Gasteiger partial charge in [0.1, 0.15) is 16.1 Å². The highest BCUT2D eigenvalue weighted by Gasteiger charge is 2.34. The number of pyridine rings is 1. The third-order valence-electron chi connectivity index (χ3n) is 4.62. The van der Waals surface area contributed by atoms with Gasteiger partial charge in [0, 0.05) is 16.1 Å². The molecule has 0 aliphatic carbocycles. The van der Waals surface area contributed by atoms with Crippen molar-refractivity contribution in [2.75, 3.05) is 5.32 Å². The van der Waals surface area contributed by atoms with Crippen molar-refractivity contribution in [1.82, 2.24) is 14.5 Å². The van der Waals surface area contributed by atoms with Crippen molar-refractivity contribution < 1.29 is 18.0 Å². The van der Waals surface area contributed by atoms with Crippen LogP contribution in [0.3, 0.4) is 0 Å². The first-order valence-electron chi connectivity index (χ1n) is 8.97. The van der Waals surface area contributed by atoms with E-state index in [-0.39, 0.29) is 5.02 Å². The van der Waals surface area contributed by atoms with Gasteiger partial charge in [-0.3, -0.25) is 14.2 Å². The number of halogens is 4. The molecule has 0 radical (unpaired) electrons. The molecule has 0 bridgehead atoms. The molecule has 1 N–H and O–H groups in total. The maximum Gasteiger partial charge on any atom is 0.418 e. The SMILES string of the molecule is Cc1cc(C)c2c(n1)sc1c(=O)n(CC(=O)Nc3ccc(Cl)cc3C(F)(F)F)cnc12. The maximum atomic E-state index is 13.2. The van der Waals surface area contributed by atoms with E-state index in [1.807, 2.05) is 19.9 Å². The normalized spacial score (nSPS) is 11.9. The lowest BCUT2D eigenvalue weighted by Crippen LogP contribution is -2.28. The standard InChI is InChI=1S/C20H14ClF3N4O2S/c1-9-5-10(2)26-18-15(9)16-17(31-18)19(30)28(8-25-16)7-14(29)27-13-4-3-11(21)6-12(13)20(22,23)24/h3-6,8H,7H2,1-2H3,(H,27,29). The Morgan fingerprint density at radius 3 is 2.71 bits per heavy atom. The molecule has 3 aromatic heterocycles. The summed E-state index contributed by atoms with van der Waals surface area (Å²) in [6, 6.07) is 4.92. The number of carbonyl (C=O) groups excluding carboxylic acids is 1. The molecule has 0 spiro atoms. The number of aromatic nitrogens is 3. The van der Waals surface area contributed by atoms with Crippen LogP contribution in [0.4, 0.5) is 18.9 Å². The lowest BCUT2D eigenvalue weighted by atomic mass is 10.1. The van der Waals surface area contributed by atoms with Crippen molar-refractivity contribution in [2.45, 2.75) is 26.6 Å². The number of thiophene rings is 1. The predicted molar refractivity (Wildman–Crippen MR) is 114 cm³/mol. The van der Waals surface area contributed by atoms with Crippen LogP contribution in [0.15, 0.2) is 35.4 Å². The zero-order valence-electron chi connectivity index (χ0n) is 16.2. The van der Waals surface area contributed by atoms with Crippen LogP contribution >= 0.6 is 22.9 Å². The summed E-state index contributed by atoms with van der Waals surface area (Å²) in [4.78, 5) is 34.7. The summed E-state index contributed by atoms with van der Waals surface area (Å²) >= 11 is 6.82. The highest BCUT2D eigenvalue weighted by molar-refractivity contribution is 7.25. The minimum atomic E-state index is -4.70. The quantitative estimate of drug-likeness (QED) is 0.464. The summed E-state index contributed by atoms with van der Waals surface area (Å²) in [5, 5.41) is 2.86. The Labute approximate surface area is 182 Å². The topological polar surface area (TPSA) is 76.9 Å². The van der Waals surface area contributed by atoms with Crippen molar-refractivity contribution in [3.8, 4) is 0 Å². The van der Waals surface area contributed by atoms with E-state index in [9.17, 15) is 22.8 Å². The Bertz CT molecular complexity index is 1410. The van der Waals surface area contributed by atoms with E-state index in [1.54, 1.807) is 0 Å². The van der Waals surface area contributed by atoms with Crippen LogP contribution in [-0.4, -0.2) is 20.4 Å². The van der Waals surface area contributed by atoms with Gasteiger partial charge in [-0.2, -0.15) is 13.2 Å². The molecule has 0 aliphatic rings. The number of fused-ring (bicyclic) bond motifs is 3. The molecule has 3 heterocycles. The van der Waals surface area contributed by atoms with Crippen LogP contribution in [0, 0.1) is 13.8 Å². The second-order valence-corrected chi connectivity index (χ2v) is 8.39. The molecule has 4 aromatic rings. The van der Waals surface area contributed by atoms with E-state index in [0.717, 1.165) is 33.3 Å². The van der Waals surface area contributed by atoms with Crippen LogP contribution in [0.25, 0.3) is 20.4 Å². The van der Waals surface area contributed by atoms with Gasteiger partial charge in [0.2, 0.25) is 5.91 Å². The van der Waals surface area contributed by atoms with Gasteiger partial charge in [0.05, 0.1) is 23.1 Å². The molecule has 4 rings (SSSR count). The number of hydrogen-bond acceptors (Lipinski definition) is 5. The first-order chi connectivity index (χ1) is 14.5. The third kappa shape index (κ3) is 4.00. The van der Waals surface area contributed by atoms with Crippen LogP contribution in [0.2, 0.25) is 5.02 Å². The summed E-state index contributed by atoms with van der Waals surface area (Å²) in [6.07, 6.45) is -3.49. The van der Waals surface area contributed by atoms with Crippen LogP contribution < -0.4 is 10.9 Å². The van der Waals surface area contributed by atoms with Crippen LogP contribution in [-0.2, 0) is 17.5 Å². The number of carbonyl (C=O) groups is 1. The molecule has 1 amide bonds. The summed E-state index contributed by atoms with van der Waals surface area (Å²) in [5.74, 6) is -0.803. The monoisotopic (exact) mass is 466 g/mol. The molecule has 0 unspecified atom stereocenters. The molecule has 0 fully saturated rings. The van der Waals surface area contributed by atoms with E-state index >= 15 is 0 Å². The summed E-state index contributed by atoms with van der Waals surface area (Å²) < 4.78 is 41.1. The zero-order valence-corrected chi connectivity index (χ0v) is 17.7. The maximum absolute atomic E-state index is 13.2. The smallest absolute Gasteiger partial charge is 0.324 e. The third-order valence-corrected chi connectivity index (χ3v) is 5.91. The lowest BCUT2D eigenvalue weighted by molar-refractivity contribution is -0.137. The summed E-state index contributed by atoms with van der Waals surface area (Å²) in [6.45, 7) is 3.24. The van der Waals surface area contributed by atoms with Gasteiger partial charge in [-0.25, -0.2) is 9.97 Å². The molecule has 6 nitrogen and oxygen atoms in total. The Morgan fingerprint density at radius 2 is 2.00 bits per heavy atom. The van der Waals surface area contributed by atoms with Gasteiger partial charge in [-0.15, -0.1) is 11.3 Å². The molecule has 11 heteroatoms. The molecule has 0 atom stereocenters. The number of aryl methyl sites for hydroxylation is 2. The lowest BCUT2D eigenvalue weighted by Gasteiger charge is -2.14. The van der Waals surface area contributed by atoms with Crippen LogP contribution in [0.5, 0.6) is 0 Å². The molecule has 0 saturated carbocycles. The fourth-order valence-corrected chi connectivity index (χ4v) is 4.69. The summed E-state index contributed by atoms with van der Waals surface area (Å²) in [5.41, 5.74) is 0.242. The molecule has 160 valence electrons. The van der Waals surface area contributed by atoms with E-state index in [4.69, 9.17) is 11.6 Å². The van der Waals surface area contributed by atoms with Gasteiger partial charge < -0.3 is 5.32 Å². The minimum absolute atomic E-state index is 0.111. The van der Waals surface area contributed by atoms with Crippen molar-refractivity contribution >= 4 is 55.0 Å². The Kier molecular flexibility index (Phi) is 5.22. The van der Waals surface area contributed by atoms with Gasteiger partial charge in [-0.1, -0.05) is 11.6 Å². The number of nitrogens with zero attached hydrogens (tertiary/aromatic N) is 3. The molecular formula is C20H14ClF3N4O2S. The number of rotatable bonds is 3. The van der Waals surface area contributed by atoms with Gasteiger partial charge in [-0.05, 0) is 43.7 Å². The molecular weight excluding hydrogens is 453 g/mol. The average molecular weight is 467 g/mol. The van der Waals surface area contributed by atoms with Crippen molar-refractivity contribution in [3.05, 3.63) is 62.8 Å². The predicted octanol–water partition coefficient (Wildman–Crippen LogP) is 4.93. The number of hydrogen-bond donors (Lipinski definition) is 1. The Hall–Kier alpha value is -2.98. The fraction of sp³-hybridized carbons (Fsp3) is 0.200. The largest absolute Gasteiger partial charge is 0.418 e. The molecule has 31 heavy (non-hydrogen) atoms. The van der Waals surface area contributed by atoms with Crippen molar-refractivity contribution in [1.29, 1.82) is 0 Å². The highest BCUT2D eigenvalue weighted by atomic mass is 35.5. The number of benzene rings is 1. The summed E-state index contributed by atoms with van der Waals surface area (Å²) in [7, 11) is 0. The Balaban J connectivity index is 1.67. The van der Waals surface area contributed by atoms with Crippen molar-refractivity contribution in [3.63, 3.8) is 0 Å². The zero-order chi connectivity index (χ0) is 22.5. The second kappa shape index (κ2) is 7.61. The number of amides is 1. The molecule has 1 aromatic carbocycles. The Morgan fingerprint density at radius 1 is 1.26 bits per heavy atom. The van der Waals surface area contributed by atoms with E-state index in [2.05, 4.69) is 15.3 Å². The van der Waals surface area contributed by atoms with Gasteiger partial charge in [0.15, 0.2) is 0 Å². The van der Waals surface area contributed by atoms with E-state index < -0.39 is 35.4 Å².